The fraction of sp³-hybridized carbons (Fsp3) is 0.583. The molecule has 1 aromatic heterocycles. The Balaban J connectivity index is 1.86. The maximum absolute atomic E-state index is 12.0. The van der Waals surface area contributed by atoms with Crippen molar-refractivity contribution in [1.29, 1.82) is 0 Å². The molecule has 0 aliphatic carbocycles. The molecule has 4 nitrogen and oxygen atoms in total. The van der Waals surface area contributed by atoms with Gasteiger partial charge in [0.1, 0.15) is 0 Å². The smallest absolute Gasteiger partial charge is 0.318 e. The van der Waals surface area contributed by atoms with Gasteiger partial charge in [0.25, 0.3) is 0 Å². The van der Waals surface area contributed by atoms with E-state index in [0.717, 1.165) is 0 Å². The molecule has 5 heteroatoms. The van der Waals surface area contributed by atoms with Crippen LogP contribution in [0.3, 0.4) is 0 Å². The molecule has 0 saturated carbocycles. The summed E-state index contributed by atoms with van der Waals surface area (Å²) in [6, 6.07) is 2.24. The highest BCUT2D eigenvalue weighted by molar-refractivity contribution is 7.10. The fourth-order valence-electron chi connectivity index (χ4n) is 1.87. The van der Waals surface area contributed by atoms with Gasteiger partial charge in [-0.25, -0.2) is 4.79 Å². The Morgan fingerprint density at radius 2 is 2.53 bits per heavy atom. The molecule has 2 amide bonds. The van der Waals surface area contributed by atoms with Crippen molar-refractivity contribution in [3.8, 4) is 0 Å². The summed E-state index contributed by atoms with van der Waals surface area (Å²) in [5, 5.41) is 5.02. The number of thiophene rings is 1. The van der Waals surface area contributed by atoms with Crippen molar-refractivity contribution in [1.82, 2.24) is 10.2 Å². The van der Waals surface area contributed by atoms with Gasteiger partial charge in [0.2, 0.25) is 0 Å². The van der Waals surface area contributed by atoms with Crippen molar-refractivity contribution in [2.24, 2.45) is 0 Å². The maximum Gasteiger partial charge on any atom is 0.318 e. The molecule has 1 aliphatic heterocycles. The van der Waals surface area contributed by atoms with E-state index in [1.807, 2.05) is 17.2 Å². The second-order valence-corrected chi connectivity index (χ2v) is 5.30. The first-order valence-electron chi connectivity index (χ1n) is 5.83. The van der Waals surface area contributed by atoms with E-state index in [9.17, 15) is 4.79 Å². The van der Waals surface area contributed by atoms with E-state index in [0.29, 0.717) is 26.3 Å². The third-order valence-corrected chi connectivity index (χ3v) is 4.02. The molecule has 0 radical (unpaired) electrons. The number of rotatable bonds is 2. The van der Waals surface area contributed by atoms with Crippen LogP contribution in [0.1, 0.15) is 17.4 Å². The predicted octanol–water partition coefficient (Wildman–Crippen LogP) is 1.99. The van der Waals surface area contributed by atoms with Crippen LogP contribution in [0, 0.1) is 6.92 Å². The van der Waals surface area contributed by atoms with Gasteiger partial charge in [-0.15, -0.1) is 11.3 Å². The molecular weight excluding hydrogens is 236 g/mol. The molecule has 1 N–H and O–H groups in total. The van der Waals surface area contributed by atoms with Crippen LogP contribution in [-0.4, -0.2) is 36.7 Å². The number of carbonyl (C=O) groups excluding carboxylic acids is 1. The summed E-state index contributed by atoms with van der Waals surface area (Å²) >= 11 is 1.68. The van der Waals surface area contributed by atoms with E-state index >= 15 is 0 Å². The Kier molecular flexibility index (Phi) is 4.02. The largest absolute Gasteiger partial charge is 0.377 e. The molecule has 1 saturated heterocycles. The number of nitrogens with zero attached hydrogens (tertiary/aromatic N) is 1. The van der Waals surface area contributed by atoms with Gasteiger partial charge in [0.15, 0.2) is 0 Å². The van der Waals surface area contributed by atoms with E-state index in [1.165, 1.54) is 10.4 Å². The molecule has 0 aromatic carbocycles. The number of carbonyl (C=O) groups is 1. The average molecular weight is 254 g/mol. The van der Waals surface area contributed by atoms with Crippen LogP contribution >= 0.6 is 11.3 Å². The van der Waals surface area contributed by atoms with Crippen molar-refractivity contribution in [2.75, 3.05) is 19.8 Å². The minimum absolute atomic E-state index is 0.00796. The van der Waals surface area contributed by atoms with Crippen molar-refractivity contribution >= 4 is 17.4 Å². The lowest BCUT2D eigenvalue weighted by Gasteiger charge is -2.33. The number of hydrogen-bond donors (Lipinski definition) is 1. The maximum atomic E-state index is 12.0. The predicted molar refractivity (Wildman–Crippen MR) is 68.3 cm³/mol. The van der Waals surface area contributed by atoms with E-state index in [2.05, 4.69) is 18.3 Å². The first kappa shape index (κ1) is 12.4. The lowest BCUT2D eigenvalue weighted by molar-refractivity contribution is 0.0190. The molecule has 1 fully saturated rings. The zero-order valence-corrected chi connectivity index (χ0v) is 11.0. The third kappa shape index (κ3) is 2.98. The highest BCUT2D eigenvalue weighted by atomic mass is 32.1. The first-order chi connectivity index (χ1) is 8.18. The molecule has 0 unspecified atom stereocenters. The number of amides is 2. The van der Waals surface area contributed by atoms with Crippen LogP contribution in [-0.2, 0) is 11.3 Å². The van der Waals surface area contributed by atoms with Crippen molar-refractivity contribution in [3.05, 3.63) is 21.9 Å². The van der Waals surface area contributed by atoms with E-state index in [-0.39, 0.29) is 12.1 Å². The zero-order chi connectivity index (χ0) is 12.3. The summed E-state index contributed by atoms with van der Waals surface area (Å²) in [4.78, 5) is 15.0. The molecule has 2 heterocycles. The fourth-order valence-corrected chi connectivity index (χ4v) is 2.72. The number of morpholine rings is 1. The summed E-state index contributed by atoms with van der Waals surface area (Å²) in [6.45, 7) is 6.63. The van der Waals surface area contributed by atoms with Gasteiger partial charge in [-0.2, -0.15) is 0 Å². The highest BCUT2D eigenvalue weighted by Crippen LogP contribution is 2.15. The molecule has 0 bridgehead atoms. The number of urea groups is 1. The van der Waals surface area contributed by atoms with Crippen LogP contribution in [0.2, 0.25) is 0 Å². The number of nitrogens with one attached hydrogen (secondary N) is 1. The van der Waals surface area contributed by atoms with Gasteiger partial charge >= 0.3 is 6.03 Å². The summed E-state index contributed by atoms with van der Waals surface area (Å²) in [5.41, 5.74) is 1.24. The summed E-state index contributed by atoms with van der Waals surface area (Å²) < 4.78 is 5.31. The molecule has 1 aliphatic rings. The van der Waals surface area contributed by atoms with Gasteiger partial charge in [-0.05, 0) is 30.9 Å². The van der Waals surface area contributed by atoms with Crippen molar-refractivity contribution < 1.29 is 9.53 Å². The number of aryl methyl sites for hydroxylation is 1. The van der Waals surface area contributed by atoms with Crippen LogP contribution in [0.25, 0.3) is 0 Å². The normalized spacial score (nSPS) is 20.4. The Morgan fingerprint density at radius 3 is 3.18 bits per heavy atom. The monoisotopic (exact) mass is 254 g/mol. The Labute approximate surface area is 106 Å². The van der Waals surface area contributed by atoms with Gasteiger partial charge in [-0.3, -0.25) is 0 Å². The zero-order valence-electron chi connectivity index (χ0n) is 10.2. The second kappa shape index (κ2) is 5.51. The van der Waals surface area contributed by atoms with E-state index in [1.54, 1.807) is 11.3 Å². The van der Waals surface area contributed by atoms with Crippen molar-refractivity contribution in [2.45, 2.75) is 26.4 Å². The Hall–Kier alpha value is -1.07. The van der Waals surface area contributed by atoms with Crippen LogP contribution in [0.5, 0.6) is 0 Å². The SMILES string of the molecule is Cc1ccsc1CNC(=O)N1CCOC[C@@H]1C. The summed E-state index contributed by atoms with van der Waals surface area (Å²) in [6.07, 6.45) is 0. The number of ether oxygens (including phenoxy) is 1. The lowest BCUT2D eigenvalue weighted by Crippen LogP contribution is -2.51. The molecular formula is C12H18N2O2S. The molecule has 0 spiro atoms. The topological polar surface area (TPSA) is 41.6 Å². The standard InChI is InChI=1S/C12H18N2O2S/c1-9-3-6-17-11(9)7-13-12(15)14-4-5-16-8-10(14)2/h3,6,10H,4-5,7-8H2,1-2H3,(H,13,15)/t10-/m0/s1. The van der Waals surface area contributed by atoms with Crippen LogP contribution < -0.4 is 5.32 Å². The molecule has 1 atom stereocenters. The minimum atomic E-state index is 0.00796. The van der Waals surface area contributed by atoms with Crippen LogP contribution in [0.4, 0.5) is 4.79 Å². The van der Waals surface area contributed by atoms with E-state index < -0.39 is 0 Å². The molecule has 94 valence electrons. The molecule has 1 aromatic rings. The minimum Gasteiger partial charge on any atom is -0.377 e. The summed E-state index contributed by atoms with van der Waals surface area (Å²) in [5.74, 6) is 0. The van der Waals surface area contributed by atoms with Gasteiger partial charge in [0.05, 0.1) is 25.8 Å². The first-order valence-corrected chi connectivity index (χ1v) is 6.71. The Morgan fingerprint density at radius 1 is 1.71 bits per heavy atom. The van der Waals surface area contributed by atoms with Crippen LogP contribution in [0.15, 0.2) is 11.4 Å². The summed E-state index contributed by atoms with van der Waals surface area (Å²) in [7, 11) is 0. The molecule has 17 heavy (non-hydrogen) atoms. The Bertz CT molecular complexity index is 392. The van der Waals surface area contributed by atoms with Gasteiger partial charge < -0.3 is 15.0 Å². The number of hydrogen-bond acceptors (Lipinski definition) is 3. The average Bonchev–Trinajstić information content (AvgIpc) is 2.72. The highest BCUT2D eigenvalue weighted by Gasteiger charge is 2.23. The lowest BCUT2D eigenvalue weighted by atomic mass is 10.2. The second-order valence-electron chi connectivity index (χ2n) is 4.30. The third-order valence-electron chi connectivity index (χ3n) is 3.00. The van der Waals surface area contributed by atoms with Gasteiger partial charge in [-0.1, -0.05) is 0 Å². The van der Waals surface area contributed by atoms with Gasteiger partial charge in [0, 0.05) is 11.4 Å². The quantitative estimate of drug-likeness (QED) is 0.877. The van der Waals surface area contributed by atoms with Crippen molar-refractivity contribution in [3.63, 3.8) is 0 Å². The molecule has 2 rings (SSSR count). The van der Waals surface area contributed by atoms with E-state index in [4.69, 9.17) is 4.74 Å².